The van der Waals surface area contributed by atoms with E-state index >= 15 is 4.79 Å². The number of aliphatic hydroxyl groups excluding tert-OH is 1. The van der Waals surface area contributed by atoms with Crippen molar-refractivity contribution in [3.05, 3.63) is 70.9 Å². The highest BCUT2D eigenvalue weighted by Gasteiger charge is 2.78. The number of aryl methyl sites for hydroxylation is 1. The summed E-state index contributed by atoms with van der Waals surface area (Å²) in [5, 5.41) is 37.8. The van der Waals surface area contributed by atoms with Gasteiger partial charge in [-0.15, -0.1) is 0 Å². The van der Waals surface area contributed by atoms with Crippen LogP contribution in [0.4, 0.5) is 5.69 Å². The van der Waals surface area contributed by atoms with E-state index in [1.807, 2.05) is 62.2 Å². The number of ether oxygens (including phenoxy) is 2. The van der Waals surface area contributed by atoms with Crippen molar-refractivity contribution in [1.82, 2.24) is 9.88 Å². The van der Waals surface area contributed by atoms with Crippen molar-refractivity contribution in [3.8, 4) is 5.75 Å². The van der Waals surface area contributed by atoms with Crippen LogP contribution in [0, 0.1) is 11.3 Å². The van der Waals surface area contributed by atoms with Gasteiger partial charge >= 0.3 is 5.97 Å². The van der Waals surface area contributed by atoms with Gasteiger partial charge in [-0.05, 0) is 80.7 Å². The van der Waals surface area contributed by atoms with Gasteiger partial charge in [-0.25, -0.2) is 0 Å². The van der Waals surface area contributed by atoms with Gasteiger partial charge in [0.15, 0.2) is 5.60 Å². The monoisotopic (exact) mass is 769 g/mol. The van der Waals surface area contributed by atoms with Gasteiger partial charge in [-0.1, -0.05) is 57.0 Å². The number of H-pyrrole nitrogens is 1. The van der Waals surface area contributed by atoms with Gasteiger partial charge in [0.1, 0.15) is 17.3 Å². The Balaban J connectivity index is 1.46. The van der Waals surface area contributed by atoms with Crippen LogP contribution in [0.15, 0.2) is 48.6 Å². The molecule has 3 unspecified atom stereocenters. The van der Waals surface area contributed by atoms with E-state index in [-0.39, 0.29) is 18.5 Å². The second kappa shape index (κ2) is 13.6. The summed E-state index contributed by atoms with van der Waals surface area (Å²) in [6.45, 7) is 5.37. The van der Waals surface area contributed by atoms with E-state index in [0.29, 0.717) is 56.5 Å². The van der Waals surface area contributed by atoms with E-state index in [4.69, 9.17) is 20.9 Å². The maximum atomic E-state index is 15.2. The number of methoxy groups -OCH3 is 2. The second-order valence-corrected chi connectivity index (χ2v) is 17.5. The number of hydrogen-bond donors (Lipinski definition) is 6. The first-order chi connectivity index (χ1) is 26.8. The fourth-order valence-corrected chi connectivity index (χ4v) is 12.6. The molecule has 1 saturated carbocycles. The zero-order chi connectivity index (χ0) is 40.0. The van der Waals surface area contributed by atoms with Crippen LogP contribution in [0.3, 0.4) is 0 Å². The number of para-hydroxylation sites is 1. The molecule has 1 amide bonds. The molecule has 8 rings (SSSR count). The first-order valence-corrected chi connectivity index (χ1v) is 20.5. The van der Waals surface area contributed by atoms with Crippen LogP contribution in [0.1, 0.15) is 87.6 Å². The molecule has 0 radical (unpaired) electrons. The largest absolute Gasteiger partial charge is 0.496 e. The Kier molecular flexibility index (Phi) is 9.44. The number of nitrogens with two attached hydrogens (primary N) is 2. The molecule has 8 N–H and O–H groups in total. The Morgan fingerprint density at radius 2 is 1.88 bits per heavy atom. The number of carbonyl (C=O) groups is 2. The third-order valence-corrected chi connectivity index (χ3v) is 15.2. The van der Waals surface area contributed by atoms with Crippen LogP contribution in [0.5, 0.6) is 5.75 Å². The molecule has 0 bridgehead atoms. The van der Waals surface area contributed by atoms with Crippen molar-refractivity contribution in [2.45, 2.75) is 112 Å². The smallest absolute Gasteiger partial charge is 0.322 e. The molecule has 2 aromatic carbocycles. The zero-order valence-electron chi connectivity index (χ0n) is 33.4. The highest BCUT2D eigenvalue weighted by molar-refractivity contribution is 5.95. The number of aliphatic hydroxyl groups is 3. The molecule has 12 heteroatoms. The molecule has 2 fully saturated rings. The lowest BCUT2D eigenvalue weighted by Gasteiger charge is -2.63. The fraction of sp³-hybridized carbons (Fsp3) is 0.591. The minimum absolute atomic E-state index is 0.0986. The normalized spacial score (nSPS) is 34.7. The molecule has 56 heavy (non-hydrogen) atoms. The molecular weight excluding hydrogens is 711 g/mol. The highest BCUT2D eigenvalue weighted by atomic mass is 16.5. The molecule has 3 aromatic rings. The van der Waals surface area contributed by atoms with Gasteiger partial charge in [-0.2, -0.15) is 0 Å². The van der Waals surface area contributed by atoms with Crippen molar-refractivity contribution in [3.63, 3.8) is 0 Å². The van der Waals surface area contributed by atoms with Gasteiger partial charge in [0.05, 0.1) is 25.9 Å². The van der Waals surface area contributed by atoms with E-state index in [1.54, 1.807) is 7.11 Å². The van der Waals surface area contributed by atoms with Crippen LogP contribution in [0.2, 0.25) is 0 Å². The van der Waals surface area contributed by atoms with Crippen molar-refractivity contribution in [2.24, 2.45) is 22.8 Å². The molecule has 302 valence electrons. The van der Waals surface area contributed by atoms with Crippen LogP contribution >= 0.6 is 0 Å². The first-order valence-electron chi connectivity index (χ1n) is 20.5. The first kappa shape index (κ1) is 38.9. The summed E-state index contributed by atoms with van der Waals surface area (Å²) in [6.07, 6.45) is 8.10. The molecule has 12 nitrogen and oxygen atoms in total. The topological polar surface area (TPSA) is 188 Å². The molecule has 5 aliphatic rings. The van der Waals surface area contributed by atoms with Crippen molar-refractivity contribution in [1.29, 1.82) is 0 Å². The second-order valence-electron chi connectivity index (χ2n) is 17.5. The summed E-state index contributed by atoms with van der Waals surface area (Å²) >= 11 is 0. The number of primary amides is 1. The molecule has 1 aromatic heterocycles. The standard InChI is InChI=1S/C44H59N5O7/c1-6-40(53,25-45)23-26-13-8-9-15-28-27-14-10-11-16-31(27)47-34(28)43(24-26,39(52)56-5)30-21-29-32(22-33(30)55-4)48(3)36-42(29)18-20-49-19-12-17-41(7-2,35(42)49)37(50)44(36,54)38(46)51/h10-12,14,16-17,21-22,26,35-37,47,50,53-54H,6-9,13,15,18-20,23-25,45H2,1-5H3,(H2,46,51)/t26-,35?,36?,37-,40?,41-,42-,43+,44+/m1/s1. The number of amides is 1. The van der Waals surface area contributed by atoms with Gasteiger partial charge in [-0.3, -0.25) is 14.5 Å². The number of carbonyl (C=O) groups excluding carboxylic acids is 2. The third kappa shape index (κ3) is 4.95. The summed E-state index contributed by atoms with van der Waals surface area (Å²) in [4.78, 5) is 37.0. The Bertz CT molecular complexity index is 2080. The lowest BCUT2D eigenvalue weighted by atomic mass is 9.47. The van der Waals surface area contributed by atoms with E-state index < -0.39 is 51.5 Å². The summed E-state index contributed by atoms with van der Waals surface area (Å²) in [5.74, 6) is -1.10. The van der Waals surface area contributed by atoms with E-state index in [1.165, 1.54) is 7.11 Å². The number of nitrogens with one attached hydrogen (secondary N) is 1. The number of esters is 1. The molecule has 1 spiro atoms. The average molecular weight is 770 g/mol. The summed E-state index contributed by atoms with van der Waals surface area (Å²) in [7, 11) is 4.86. The van der Waals surface area contributed by atoms with Gasteiger partial charge in [0.2, 0.25) is 0 Å². The predicted molar refractivity (Wildman–Crippen MR) is 215 cm³/mol. The molecular formula is C44H59N5O7. The lowest BCUT2D eigenvalue weighted by Crippen LogP contribution is -2.81. The minimum Gasteiger partial charge on any atom is -0.496 e. The Morgan fingerprint density at radius 1 is 1.11 bits per heavy atom. The van der Waals surface area contributed by atoms with Crippen LogP contribution in [0.25, 0.3) is 10.9 Å². The number of likely N-dealkylation sites (N-methyl/N-ethyl adjacent to an activating group) is 1. The van der Waals surface area contributed by atoms with Gasteiger partial charge in [0, 0.05) is 70.9 Å². The van der Waals surface area contributed by atoms with Crippen molar-refractivity contribution < 1.29 is 34.4 Å². The summed E-state index contributed by atoms with van der Waals surface area (Å²) < 4.78 is 12.2. The Labute approximate surface area is 329 Å². The number of aromatic amines is 1. The van der Waals surface area contributed by atoms with Crippen LogP contribution in [-0.2, 0) is 31.6 Å². The number of benzene rings is 2. The lowest BCUT2D eigenvalue weighted by molar-refractivity contribution is -0.201. The van der Waals surface area contributed by atoms with Crippen molar-refractivity contribution in [2.75, 3.05) is 45.8 Å². The number of hydrogen-bond acceptors (Lipinski definition) is 10. The van der Waals surface area contributed by atoms with E-state index in [0.717, 1.165) is 59.1 Å². The number of nitrogens with zero attached hydrogens (tertiary/aromatic N) is 2. The number of fused-ring (bicyclic) bond motifs is 4. The van der Waals surface area contributed by atoms with E-state index in [9.17, 15) is 20.1 Å². The number of aromatic nitrogens is 1. The average Bonchev–Trinajstić information content (AvgIpc) is 3.87. The summed E-state index contributed by atoms with van der Waals surface area (Å²) in [6, 6.07) is 10.9. The Hall–Kier alpha value is -3.94. The zero-order valence-corrected chi connectivity index (χ0v) is 33.4. The highest BCUT2D eigenvalue weighted by Crippen LogP contribution is 2.67. The summed E-state index contributed by atoms with van der Waals surface area (Å²) in [5.41, 5.74) is 10.6. The van der Waals surface area contributed by atoms with Crippen molar-refractivity contribution >= 4 is 28.5 Å². The Morgan fingerprint density at radius 3 is 2.55 bits per heavy atom. The quantitative estimate of drug-likeness (QED) is 0.139. The molecule has 3 aliphatic heterocycles. The van der Waals surface area contributed by atoms with Crippen LogP contribution in [-0.4, -0.2) is 107 Å². The molecule has 1 saturated heterocycles. The SMILES string of the molecule is CCC(O)(CN)C[C@H]1CCCCc2c([nH]c3ccccc23)[C@@](C(=O)OC)(c2cc3c(cc2OC)N(C)C2[C@]34CCN3CC=C[C@](CC)(C34)[C@@H](O)[C@]2(O)C(N)=O)C1. The molecule has 2 aliphatic carbocycles. The minimum atomic E-state index is -2.31. The predicted octanol–water partition coefficient (Wildman–Crippen LogP) is 3.55. The molecule has 9 atom stereocenters. The maximum Gasteiger partial charge on any atom is 0.322 e. The fourth-order valence-electron chi connectivity index (χ4n) is 12.6. The molecule has 4 heterocycles. The van der Waals surface area contributed by atoms with E-state index in [2.05, 4.69) is 22.0 Å². The van der Waals surface area contributed by atoms with Gasteiger partial charge < -0.3 is 46.1 Å². The van der Waals surface area contributed by atoms with Crippen LogP contribution < -0.4 is 21.1 Å². The third-order valence-electron chi connectivity index (χ3n) is 15.2. The van der Waals surface area contributed by atoms with Gasteiger partial charge in [0.25, 0.3) is 5.91 Å². The number of rotatable bonds is 9. The maximum absolute atomic E-state index is 15.2. The number of anilines is 1.